The number of hydrogen-bond acceptors (Lipinski definition) is 5. The number of rotatable bonds is 4. The molecule has 31 heavy (non-hydrogen) atoms. The number of benzene rings is 2. The Bertz CT molecular complexity index is 1270. The molecule has 6 heteroatoms. The van der Waals surface area contributed by atoms with Gasteiger partial charge in [-0.25, -0.2) is 4.98 Å². The number of morpholine rings is 1. The van der Waals surface area contributed by atoms with E-state index in [1.54, 1.807) is 0 Å². The number of nitrogens with one attached hydrogen (secondary N) is 1. The van der Waals surface area contributed by atoms with Gasteiger partial charge in [-0.3, -0.25) is 4.99 Å². The number of fused-ring (bicyclic) bond motifs is 2. The van der Waals surface area contributed by atoms with Crippen molar-refractivity contribution >= 4 is 28.9 Å². The van der Waals surface area contributed by atoms with Crippen LogP contribution >= 0.6 is 0 Å². The van der Waals surface area contributed by atoms with E-state index in [4.69, 9.17) is 9.72 Å². The minimum atomic E-state index is 0.746. The Morgan fingerprint density at radius 2 is 1.84 bits per heavy atom. The molecule has 6 rings (SSSR count). The third kappa shape index (κ3) is 3.45. The minimum absolute atomic E-state index is 0.746. The predicted molar refractivity (Wildman–Crippen MR) is 125 cm³/mol. The van der Waals surface area contributed by atoms with Crippen molar-refractivity contribution in [1.82, 2.24) is 9.38 Å². The molecule has 1 N–H and O–H groups in total. The SMILES string of the molecule is C1=NCc2cc(-c3cn4cccc4c(Nc4ccc(N5CCOCC5)cc4)n3)ccc21. The Kier molecular flexibility index (Phi) is 4.43. The molecule has 0 spiro atoms. The third-order valence-corrected chi connectivity index (χ3v) is 5.95. The number of aromatic nitrogens is 2. The lowest BCUT2D eigenvalue weighted by Crippen LogP contribution is -2.36. The van der Waals surface area contributed by atoms with Gasteiger partial charge in [-0.05, 0) is 53.6 Å². The fourth-order valence-corrected chi connectivity index (χ4v) is 4.26. The highest BCUT2D eigenvalue weighted by molar-refractivity contribution is 5.86. The second-order valence-corrected chi connectivity index (χ2v) is 7.93. The smallest absolute Gasteiger partial charge is 0.155 e. The number of ether oxygens (including phenoxy) is 1. The molecule has 0 unspecified atom stereocenters. The van der Waals surface area contributed by atoms with Crippen LogP contribution in [0.25, 0.3) is 16.8 Å². The van der Waals surface area contributed by atoms with Gasteiger partial charge in [-0.15, -0.1) is 0 Å². The maximum absolute atomic E-state index is 5.46. The van der Waals surface area contributed by atoms with Crippen molar-refractivity contribution in [2.75, 3.05) is 36.5 Å². The molecule has 154 valence electrons. The van der Waals surface area contributed by atoms with Gasteiger partial charge in [0, 0.05) is 48.6 Å². The normalized spacial score (nSPS) is 15.4. The zero-order valence-corrected chi connectivity index (χ0v) is 17.2. The monoisotopic (exact) mass is 409 g/mol. The third-order valence-electron chi connectivity index (χ3n) is 5.95. The molecular weight excluding hydrogens is 386 g/mol. The summed E-state index contributed by atoms with van der Waals surface area (Å²) in [6.45, 7) is 4.20. The summed E-state index contributed by atoms with van der Waals surface area (Å²) in [7, 11) is 0. The lowest BCUT2D eigenvalue weighted by molar-refractivity contribution is 0.122. The van der Waals surface area contributed by atoms with E-state index in [1.807, 2.05) is 12.3 Å². The van der Waals surface area contributed by atoms with Crippen LogP contribution in [0.1, 0.15) is 11.1 Å². The average molecular weight is 409 g/mol. The van der Waals surface area contributed by atoms with Gasteiger partial charge in [0.05, 0.1) is 31.0 Å². The first-order valence-corrected chi connectivity index (χ1v) is 10.6. The highest BCUT2D eigenvalue weighted by atomic mass is 16.5. The Morgan fingerprint density at radius 3 is 2.71 bits per heavy atom. The number of aliphatic imine (C=N–C) groups is 1. The number of hydrogen-bond donors (Lipinski definition) is 1. The molecule has 4 aromatic rings. The first-order valence-electron chi connectivity index (χ1n) is 10.6. The summed E-state index contributed by atoms with van der Waals surface area (Å²) in [6.07, 6.45) is 6.08. The molecule has 1 saturated heterocycles. The highest BCUT2D eigenvalue weighted by Crippen LogP contribution is 2.29. The Hall–Kier alpha value is -3.64. The molecule has 0 atom stereocenters. The van der Waals surface area contributed by atoms with Crippen molar-refractivity contribution in [3.8, 4) is 11.3 Å². The van der Waals surface area contributed by atoms with Gasteiger partial charge in [-0.2, -0.15) is 0 Å². The zero-order valence-electron chi connectivity index (χ0n) is 17.2. The van der Waals surface area contributed by atoms with E-state index in [-0.39, 0.29) is 0 Å². The molecule has 2 aromatic heterocycles. The fourth-order valence-electron chi connectivity index (χ4n) is 4.26. The molecule has 0 radical (unpaired) electrons. The summed E-state index contributed by atoms with van der Waals surface area (Å²) in [6, 6.07) is 19.1. The molecule has 1 fully saturated rings. The van der Waals surface area contributed by atoms with Crippen LogP contribution in [0.3, 0.4) is 0 Å². The molecule has 6 nitrogen and oxygen atoms in total. The summed E-state index contributed by atoms with van der Waals surface area (Å²) in [5.74, 6) is 0.846. The number of nitrogens with zero attached hydrogens (tertiary/aromatic N) is 4. The summed E-state index contributed by atoms with van der Waals surface area (Å²) in [4.78, 5) is 11.7. The van der Waals surface area contributed by atoms with Crippen molar-refractivity contribution in [3.05, 3.63) is 78.1 Å². The molecule has 2 aliphatic rings. The van der Waals surface area contributed by atoms with E-state index in [2.05, 4.69) is 80.5 Å². The Labute approximate surface area is 180 Å². The second kappa shape index (κ2) is 7.56. The Morgan fingerprint density at radius 1 is 0.968 bits per heavy atom. The van der Waals surface area contributed by atoms with E-state index in [9.17, 15) is 0 Å². The van der Waals surface area contributed by atoms with Crippen LogP contribution in [0.4, 0.5) is 17.2 Å². The zero-order chi connectivity index (χ0) is 20.6. The first kappa shape index (κ1) is 18.2. The van der Waals surface area contributed by atoms with Gasteiger partial charge in [-0.1, -0.05) is 12.1 Å². The largest absolute Gasteiger partial charge is 0.378 e. The molecule has 0 bridgehead atoms. The van der Waals surface area contributed by atoms with Gasteiger partial charge in [0.15, 0.2) is 5.82 Å². The lowest BCUT2D eigenvalue weighted by atomic mass is 10.0. The molecular formula is C25H23N5O. The van der Waals surface area contributed by atoms with Crippen LogP contribution in [0, 0.1) is 0 Å². The predicted octanol–water partition coefficient (Wildman–Crippen LogP) is 4.51. The molecule has 2 aliphatic heterocycles. The second-order valence-electron chi connectivity index (χ2n) is 7.93. The van der Waals surface area contributed by atoms with Gasteiger partial charge >= 0.3 is 0 Å². The molecule has 2 aromatic carbocycles. The molecule has 0 amide bonds. The van der Waals surface area contributed by atoms with E-state index in [0.29, 0.717) is 0 Å². The van der Waals surface area contributed by atoms with Crippen molar-refractivity contribution in [3.63, 3.8) is 0 Å². The van der Waals surface area contributed by atoms with Crippen LogP contribution < -0.4 is 10.2 Å². The van der Waals surface area contributed by atoms with Crippen molar-refractivity contribution in [2.45, 2.75) is 6.54 Å². The molecule has 4 heterocycles. The lowest BCUT2D eigenvalue weighted by Gasteiger charge is -2.28. The fraction of sp³-hybridized carbons (Fsp3) is 0.200. The van der Waals surface area contributed by atoms with Gasteiger partial charge < -0.3 is 19.4 Å². The summed E-state index contributed by atoms with van der Waals surface area (Å²) >= 11 is 0. The average Bonchev–Trinajstić information content (AvgIpc) is 3.49. The van der Waals surface area contributed by atoms with Crippen molar-refractivity contribution < 1.29 is 4.74 Å². The van der Waals surface area contributed by atoms with Gasteiger partial charge in [0.1, 0.15) is 0 Å². The number of anilines is 3. The molecule has 0 saturated carbocycles. The maximum Gasteiger partial charge on any atom is 0.155 e. The van der Waals surface area contributed by atoms with Crippen molar-refractivity contribution in [1.29, 1.82) is 0 Å². The highest BCUT2D eigenvalue weighted by Gasteiger charge is 2.13. The van der Waals surface area contributed by atoms with E-state index >= 15 is 0 Å². The van der Waals surface area contributed by atoms with Crippen LogP contribution in [0.2, 0.25) is 0 Å². The van der Waals surface area contributed by atoms with Crippen LogP contribution in [-0.4, -0.2) is 41.9 Å². The summed E-state index contributed by atoms with van der Waals surface area (Å²) < 4.78 is 7.58. The Balaban J connectivity index is 1.32. The van der Waals surface area contributed by atoms with Crippen LogP contribution in [0.15, 0.2) is 72.0 Å². The quantitative estimate of drug-likeness (QED) is 0.539. The first-order chi connectivity index (χ1) is 15.3. The summed E-state index contributed by atoms with van der Waals surface area (Å²) in [5.41, 5.74) is 7.78. The minimum Gasteiger partial charge on any atom is -0.378 e. The maximum atomic E-state index is 5.46. The van der Waals surface area contributed by atoms with E-state index < -0.39 is 0 Å². The van der Waals surface area contributed by atoms with Crippen molar-refractivity contribution in [2.24, 2.45) is 4.99 Å². The summed E-state index contributed by atoms with van der Waals surface area (Å²) in [5, 5.41) is 3.53. The van der Waals surface area contributed by atoms with Crippen LogP contribution in [0.5, 0.6) is 0 Å². The molecule has 0 aliphatic carbocycles. The van der Waals surface area contributed by atoms with E-state index in [0.717, 1.165) is 61.1 Å². The van der Waals surface area contributed by atoms with Gasteiger partial charge in [0.2, 0.25) is 0 Å². The van der Waals surface area contributed by atoms with Gasteiger partial charge in [0.25, 0.3) is 0 Å². The standard InChI is InChI=1S/C25H23N5O/c1-2-24-25(27-21-5-7-22(8-6-21)29-10-12-31-13-11-29)28-23(17-30(24)9-1)18-3-4-19-15-26-16-20(19)14-18/h1-9,14-15,17H,10-13,16H2,(H,27,28). The van der Waals surface area contributed by atoms with Crippen LogP contribution in [-0.2, 0) is 11.3 Å². The van der Waals surface area contributed by atoms with E-state index in [1.165, 1.54) is 16.8 Å². The topological polar surface area (TPSA) is 54.2 Å².